The standard InChI is InChI=1S/C18H39N/c1-3-5-7-9-11-15-18(16-12-13-17-19)14-10-8-6-4-2/h18H,3-17,19H2,1-2H3. The molecule has 1 nitrogen and oxygen atoms in total. The Labute approximate surface area is 122 Å². The fourth-order valence-electron chi connectivity index (χ4n) is 2.91. The summed E-state index contributed by atoms with van der Waals surface area (Å²) in [5, 5.41) is 0. The van der Waals surface area contributed by atoms with E-state index in [0.717, 1.165) is 12.5 Å². The first-order valence-electron chi connectivity index (χ1n) is 9.05. The lowest BCUT2D eigenvalue weighted by Crippen LogP contribution is -2.04. The molecule has 1 heteroatoms. The molecule has 0 aliphatic carbocycles. The van der Waals surface area contributed by atoms with E-state index in [1.54, 1.807) is 0 Å². The van der Waals surface area contributed by atoms with Crippen molar-refractivity contribution in [3.8, 4) is 0 Å². The first-order chi connectivity index (χ1) is 9.35. The second-order valence-electron chi connectivity index (χ2n) is 6.20. The van der Waals surface area contributed by atoms with Gasteiger partial charge in [0.2, 0.25) is 0 Å². The Balaban J connectivity index is 3.63. The first kappa shape index (κ1) is 19.0. The van der Waals surface area contributed by atoms with Crippen LogP contribution in [0.2, 0.25) is 0 Å². The minimum Gasteiger partial charge on any atom is -0.330 e. The molecule has 0 saturated carbocycles. The molecule has 0 rings (SSSR count). The molecule has 0 aromatic carbocycles. The highest BCUT2D eigenvalue weighted by molar-refractivity contribution is 4.61. The topological polar surface area (TPSA) is 26.0 Å². The lowest BCUT2D eigenvalue weighted by molar-refractivity contribution is 0.370. The Morgan fingerprint density at radius 2 is 1.00 bits per heavy atom. The van der Waals surface area contributed by atoms with Crippen molar-refractivity contribution >= 4 is 0 Å². The van der Waals surface area contributed by atoms with Gasteiger partial charge in [-0.2, -0.15) is 0 Å². The maximum Gasteiger partial charge on any atom is -0.00773 e. The molecule has 0 aliphatic heterocycles. The molecular weight excluding hydrogens is 230 g/mol. The third-order valence-electron chi connectivity index (χ3n) is 4.25. The molecule has 0 radical (unpaired) electrons. The molecule has 0 bridgehead atoms. The van der Waals surface area contributed by atoms with E-state index in [2.05, 4.69) is 13.8 Å². The number of hydrogen-bond donors (Lipinski definition) is 1. The Hall–Kier alpha value is -0.0400. The van der Waals surface area contributed by atoms with E-state index in [9.17, 15) is 0 Å². The van der Waals surface area contributed by atoms with Gasteiger partial charge in [0.1, 0.15) is 0 Å². The fraction of sp³-hybridized carbons (Fsp3) is 1.00. The molecule has 0 fully saturated rings. The van der Waals surface area contributed by atoms with Crippen molar-refractivity contribution in [2.75, 3.05) is 6.54 Å². The van der Waals surface area contributed by atoms with Crippen molar-refractivity contribution in [2.24, 2.45) is 11.7 Å². The summed E-state index contributed by atoms with van der Waals surface area (Å²) in [6, 6.07) is 0. The van der Waals surface area contributed by atoms with Gasteiger partial charge < -0.3 is 5.73 Å². The first-order valence-corrected chi connectivity index (χ1v) is 9.05. The lowest BCUT2D eigenvalue weighted by atomic mass is 9.90. The molecule has 1 unspecified atom stereocenters. The van der Waals surface area contributed by atoms with Crippen LogP contribution in [-0.2, 0) is 0 Å². The molecule has 0 aromatic rings. The van der Waals surface area contributed by atoms with Crippen LogP contribution in [0.3, 0.4) is 0 Å². The second kappa shape index (κ2) is 16.0. The summed E-state index contributed by atoms with van der Waals surface area (Å²) in [5.74, 6) is 0.991. The van der Waals surface area contributed by atoms with E-state index >= 15 is 0 Å². The van der Waals surface area contributed by atoms with Gasteiger partial charge in [-0.25, -0.2) is 0 Å². The number of nitrogens with two attached hydrogens (primary N) is 1. The van der Waals surface area contributed by atoms with Crippen molar-refractivity contribution in [2.45, 2.75) is 104 Å². The molecule has 0 heterocycles. The van der Waals surface area contributed by atoms with Gasteiger partial charge in [0.15, 0.2) is 0 Å². The van der Waals surface area contributed by atoms with Gasteiger partial charge in [-0.15, -0.1) is 0 Å². The van der Waals surface area contributed by atoms with Crippen LogP contribution in [0.5, 0.6) is 0 Å². The lowest BCUT2D eigenvalue weighted by Gasteiger charge is -2.16. The van der Waals surface area contributed by atoms with E-state index in [0.29, 0.717) is 0 Å². The van der Waals surface area contributed by atoms with E-state index in [1.807, 2.05) is 0 Å². The molecule has 0 amide bonds. The van der Waals surface area contributed by atoms with Crippen LogP contribution < -0.4 is 5.73 Å². The van der Waals surface area contributed by atoms with Gasteiger partial charge in [0.25, 0.3) is 0 Å². The summed E-state index contributed by atoms with van der Waals surface area (Å²) in [6.45, 7) is 5.47. The van der Waals surface area contributed by atoms with E-state index in [1.165, 1.54) is 89.9 Å². The average Bonchev–Trinajstić information content (AvgIpc) is 2.42. The van der Waals surface area contributed by atoms with Crippen molar-refractivity contribution < 1.29 is 0 Å². The summed E-state index contributed by atoms with van der Waals surface area (Å²) in [5.41, 5.74) is 5.61. The van der Waals surface area contributed by atoms with Crippen LogP contribution in [0.15, 0.2) is 0 Å². The highest BCUT2D eigenvalue weighted by Crippen LogP contribution is 2.23. The summed E-state index contributed by atoms with van der Waals surface area (Å²) >= 11 is 0. The fourth-order valence-corrected chi connectivity index (χ4v) is 2.91. The molecule has 1 atom stereocenters. The van der Waals surface area contributed by atoms with Gasteiger partial charge in [-0.1, -0.05) is 97.3 Å². The zero-order chi connectivity index (χ0) is 14.2. The Morgan fingerprint density at radius 3 is 1.47 bits per heavy atom. The van der Waals surface area contributed by atoms with Crippen LogP contribution in [0.4, 0.5) is 0 Å². The second-order valence-corrected chi connectivity index (χ2v) is 6.20. The quantitative estimate of drug-likeness (QED) is 0.359. The maximum atomic E-state index is 5.61. The largest absolute Gasteiger partial charge is 0.330 e. The Morgan fingerprint density at radius 1 is 0.579 bits per heavy atom. The normalized spacial score (nSPS) is 12.8. The molecule has 0 aromatic heterocycles. The van der Waals surface area contributed by atoms with Gasteiger partial charge in [-0.05, 0) is 18.9 Å². The highest BCUT2D eigenvalue weighted by Gasteiger charge is 2.08. The Kier molecular flexibility index (Phi) is 16.0. The monoisotopic (exact) mass is 269 g/mol. The third kappa shape index (κ3) is 14.2. The van der Waals surface area contributed by atoms with Gasteiger partial charge >= 0.3 is 0 Å². The van der Waals surface area contributed by atoms with Gasteiger partial charge in [0, 0.05) is 0 Å². The smallest absolute Gasteiger partial charge is 0.00773 e. The molecule has 0 aliphatic rings. The molecule has 2 N–H and O–H groups in total. The van der Waals surface area contributed by atoms with Crippen molar-refractivity contribution in [3.05, 3.63) is 0 Å². The number of rotatable bonds is 15. The summed E-state index contributed by atoms with van der Waals surface area (Å²) < 4.78 is 0. The average molecular weight is 270 g/mol. The molecule has 116 valence electrons. The zero-order valence-electron chi connectivity index (χ0n) is 13.8. The van der Waals surface area contributed by atoms with Crippen LogP contribution in [0, 0.1) is 5.92 Å². The zero-order valence-corrected chi connectivity index (χ0v) is 13.8. The molecule has 0 saturated heterocycles. The van der Waals surface area contributed by atoms with E-state index < -0.39 is 0 Å². The predicted molar refractivity (Wildman–Crippen MR) is 88.5 cm³/mol. The Bertz CT molecular complexity index is 156. The predicted octanol–water partition coefficient (Wildman–Crippen LogP) is 6.06. The van der Waals surface area contributed by atoms with E-state index in [-0.39, 0.29) is 0 Å². The van der Waals surface area contributed by atoms with Gasteiger partial charge in [0.05, 0.1) is 0 Å². The van der Waals surface area contributed by atoms with Crippen LogP contribution in [0.1, 0.15) is 104 Å². The third-order valence-corrected chi connectivity index (χ3v) is 4.25. The van der Waals surface area contributed by atoms with Crippen LogP contribution in [-0.4, -0.2) is 6.54 Å². The maximum absolute atomic E-state index is 5.61. The minimum absolute atomic E-state index is 0.874. The minimum atomic E-state index is 0.874. The summed E-state index contributed by atoms with van der Waals surface area (Å²) in [6.07, 6.45) is 19.8. The SMILES string of the molecule is CCCCCCCC(CCCCN)CCCCCC. The van der Waals surface area contributed by atoms with Crippen LogP contribution in [0.25, 0.3) is 0 Å². The van der Waals surface area contributed by atoms with Crippen molar-refractivity contribution in [1.82, 2.24) is 0 Å². The number of unbranched alkanes of at least 4 members (excludes halogenated alkanes) is 8. The molecule has 0 spiro atoms. The van der Waals surface area contributed by atoms with E-state index in [4.69, 9.17) is 5.73 Å². The molecule has 19 heavy (non-hydrogen) atoms. The summed E-state index contributed by atoms with van der Waals surface area (Å²) in [4.78, 5) is 0. The van der Waals surface area contributed by atoms with Crippen molar-refractivity contribution in [1.29, 1.82) is 0 Å². The number of hydrogen-bond acceptors (Lipinski definition) is 1. The van der Waals surface area contributed by atoms with Crippen LogP contribution >= 0.6 is 0 Å². The molecular formula is C18H39N. The van der Waals surface area contributed by atoms with Gasteiger partial charge in [-0.3, -0.25) is 0 Å². The highest BCUT2D eigenvalue weighted by atomic mass is 14.5. The summed E-state index contributed by atoms with van der Waals surface area (Å²) in [7, 11) is 0. The van der Waals surface area contributed by atoms with Crippen molar-refractivity contribution in [3.63, 3.8) is 0 Å².